The van der Waals surface area contributed by atoms with E-state index in [-0.39, 0.29) is 11.1 Å². The number of benzene rings is 3. The molecule has 1 N–H and O–H groups in total. The van der Waals surface area contributed by atoms with Gasteiger partial charge < -0.3 is 14.3 Å². The highest BCUT2D eigenvalue weighted by molar-refractivity contribution is 6.05. The lowest BCUT2D eigenvalue weighted by atomic mass is 9.96. The van der Waals surface area contributed by atoms with Gasteiger partial charge in [-0.3, -0.25) is 0 Å². The summed E-state index contributed by atoms with van der Waals surface area (Å²) >= 11 is 0. The van der Waals surface area contributed by atoms with E-state index < -0.39 is 11.6 Å². The molecule has 0 aliphatic heterocycles. The lowest BCUT2D eigenvalue weighted by molar-refractivity contribution is 0.0659. The van der Waals surface area contributed by atoms with Crippen LogP contribution >= 0.6 is 0 Å². The van der Waals surface area contributed by atoms with Crippen LogP contribution in [0, 0.1) is 6.92 Å². The van der Waals surface area contributed by atoms with Crippen LogP contribution in [0.15, 0.2) is 82.0 Å². The Bertz CT molecular complexity index is 1240. The van der Waals surface area contributed by atoms with Crippen LogP contribution in [0.4, 0.5) is 0 Å². The first-order valence-corrected chi connectivity index (χ1v) is 9.11. The molecule has 3 aromatic carbocycles. The van der Waals surface area contributed by atoms with Crippen molar-refractivity contribution in [3.8, 4) is 16.9 Å². The van der Waals surface area contributed by atoms with Crippen LogP contribution in [-0.2, 0) is 6.61 Å². The quantitative estimate of drug-likeness (QED) is 0.520. The van der Waals surface area contributed by atoms with Crippen molar-refractivity contribution in [1.82, 2.24) is 0 Å². The second-order valence-electron chi connectivity index (χ2n) is 6.70. The van der Waals surface area contributed by atoms with E-state index in [0.29, 0.717) is 28.9 Å². The van der Waals surface area contributed by atoms with Gasteiger partial charge in [0.15, 0.2) is 0 Å². The van der Waals surface area contributed by atoms with Gasteiger partial charge in [0.25, 0.3) is 0 Å². The molecule has 1 heterocycles. The van der Waals surface area contributed by atoms with E-state index in [2.05, 4.69) is 0 Å². The van der Waals surface area contributed by atoms with Gasteiger partial charge in [0.1, 0.15) is 12.4 Å². The van der Waals surface area contributed by atoms with E-state index >= 15 is 0 Å². The first kappa shape index (κ1) is 18.5. The molecule has 0 saturated carbocycles. The fourth-order valence-corrected chi connectivity index (χ4v) is 3.32. The third-order valence-corrected chi connectivity index (χ3v) is 4.72. The van der Waals surface area contributed by atoms with Crippen LogP contribution in [0.1, 0.15) is 21.7 Å². The second-order valence-corrected chi connectivity index (χ2v) is 6.70. The monoisotopic (exact) mass is 386 g/mol. The Morgan fingerprint density at radius 2 is 1.62 bits per heavy atom. The topological polar surface area (TPSA) is 76.7 Å². The van der Waals surface area contributed by atoms with Gasteiger partial charge >= 0.3 is 11.6 Å². The zero-order chi connectivity index (χ0) is 20.4. The molecule has 5 nitrogen and oxygen atoms in total. The van der Waals surface area contributed by atoms with Gasteiger partial charge in [-0.15, -0.1) is 0 Å². The summed E-state index contributed by atoms with van der Waals surface area (Å²) in [6.45, 7) is 2.22. The third-order valence-electron chi connectivity index (χ3n) is 4.72. The van der Waals surface area contributed by atoms with Crippen molar-refractivity contribution in [3.05, 3.63) is 100 Å². The summed E-state index contributed by atoms with van der Waals surface area (Å²) in [5.41, 5.74) is 2.14. The Hall–Kier alpha value is -3.86. The van der Waals surface area contributed by atoms with Crippen molar-refractivity contribution in [2.24, 2.45) is 0 Å². The highest BCUT2D eigenvalue weighted by Crippen LogP contribution is 2.34. The maximum absolute atomic E-state index is 12.5. The van der Waals surface area contributed by atoms with Crippen molar-refractivity contribution < 1.29 is 19.1 Å². The van der Waals surface area contributed by atoms with Gasteiger partial charge in [-0.25, -0.2) is 9.59 Å². The Morgan fingerprint density at radius 1 is 0.966 bits per heavy atom. The number of ether oxygens (including phenoxy) is 1. The molecule has 0 amide bonds. The Balaban J connectivity index is 1.87. The molecule has 29 heavy (non-hydrogen) atoms. The van der Waals surface area contributed by atoms with Gasteiger partial charge in [-0.05, 0) is 35.7 Å². The summed E-state index contributed by atoms with van der Waals surface area (Å²) in [4.78, 5) is 24.3. The molecule has 4 rings (SSSR count). The van der Waals surface area contributed by atoms with Gasteiger partial charge in [0.05, 0.1) is 5.39 Å². The molecule has 0 saturated heterocycles. The Kier molecular flexibility index (Phi) is 4.87. The molecule has 144 valence electrons. The fraction of sp³-hybridized carbons (Fsp3) is 0.0833. The average Bonchev–Trinajstić information content (AvgIpc) is 2.73. The molecule has 0 atom stereocenters. The zero-order valence-corrected chi connectivity index (χ0v) is 15.7. The number of aromatic carboxylic acids is 1. The number of hydrogen-bond donors (Lipinski definition) is 1. The highest BCUT2D eigenvalue weighted by Gasteiger charge is 2.21. The van der Waals surface area contributed by atoms with Crippen molar-refractivity contribution in [1.29, 1.82) is 0 Å². The van der Waals surface area contributed by atoms with Crippen LogP contribution in [0.5, 0.6) is 5.75 Å². The maximum atomic E-state index is 12.5. The first-order chi connectivity index (χ1) is 14.0. The minimum atomic E-state index is -1.29. The van der Waals surface area contributed by atoms with E-state index in [0.717, 1.165) is 11.1 Å². The summed E-state index contributed by atoms with van der Waals surface area (Å²) in [6, 6.07) is 22.1. The molecule has 4 aromatic rings. The van der Waals surface area contributed by atoms with Crippen LogP contribution in [-0.4, -0.2) is 11.1 Å². The molecule has 0 radical (unpaired) electrons. The Morgan fingerprint density at radius 3 is 2.28 bits per heavy atom. The van der Waals surface area contributed by atoms with Crippen LogP contribution in [0.2, 0.25) is 0 Å². The molecule has 0 aliphatic carbocycles. The minimum Gasteiger partial charge on any atom is -0.489 e. The summed E-state index contributed by atoms with van der Waals surface area (Å²) < 4.78 is 11.1. The highest BCUT2D eigenvalue weighted by atomic mass is 16.5. The number of carboxylic acids is 1. The van der Waals surface area contributed by atoms with Crippen molar-refractivity contribution >= 4 is 16.7 Å². The predicted octanol–water partition coefficient (Wildman–Crippen LogP) is 5.05. The smallest absolute Gasteiger partial charge is 0.372 e. The SMILES string of the molecule is Cc1cc2c(-c3ccccc3)c(C(=O)O)oc(=O)c2cc1OCc1ccccc1. The minimum absolute atomic E-state index is 0.280. The number of aryl methyl sites for hydroxylation is 1. The van der Waals surface area contributed by atoms with E-state index in [4.69, 9.17) is 9.15 Å². The molecule has 0 unspecified atom stereocenters. The summed E-state index contributed by atoms with van der Waals surface area (Å²) in [5.74, 6) is -1.10. The lowest BCUT2D eigenvalue weighted by Crippen LogP contribution is -2.10. The number of rotatable bonds is 5. The van der Waals surface area contributed by atoms with Crippen LogP contribution in [0.25, 0.3) is 21.9 Å². The van der Waals surface area contributed by atoms with Crippen molar-refractivity contribution in [3.63, 3.8) is 0 Å². The number of carbonyl (C=O) groups is 1. The largest absolute Gasteiger partial charge is 0.489 e. The van der Waals surface area contributed by atoms with Crippen LogP contribution < -0.4 is 10.4 Å². The third kappa shape index (κ3) is 3.62. The van der Waals surface area contributed by atoms with Gasteiger partial charge in [0, 0.05) is 10.9 Å². The summed E-state index contributed by atoms with van der Waals surface area (Å²) in [5, 5.41) is 10.4. The molecule has 0 bridgehead atoms. The molecule has 1 aromatic heterocycles. The average molecular weight is 386 g/mol. The normalized spacial score (nSPS) is 10.8. The molecule has 5 heteroatoms. The van der Waals surface area contributed by atoms with Crippen LogP contribution in [0.3, 0.4) is 0 Å². The summed E-state index contributed by atoms with van der Waals surface area (Å²) in [7, 11) is 0. The molecule has 0 spiro atoms. The second kappa shape index (κ2) is 7.64. The van der Waals surface area contributed by atoms with E-state index in [1.54, 1.807) is 24.3 Å². The van der Waals surface area contributed by atoms with Gasteiger partial charge in [0.2, 0.25) is 5.76 Å². The fourth-order valence-electron chi connectivity index (χ4n) is 3.32. The van der Waals surface area contributed by atoms with Crippen molar-refractivity contribution in [2.75, 3.05) is 0 Å². The van der Waals surface area contributed by atoms with Gasteiger partial charge in [-0.1, -0.05) is 60.7 Å². The first-order valence-electron chi connectivity index (χ1n) is 9.11. The van der Waals surface area contributed by atoms with E-state index in [1.165, 1.54) is 0 Å². The summed E-state index contributed by atoms with van der Waals surface area (Å²) in [6.07, 6.45) is 0. The number of hydrogen-bond acceptors (Lipinski definition) is 4. The number of carboxylic acid groups (broad SMARTS) is 1. The maximum Gasteiger partial charge on any atom is 0.372 e. The van der Waals surface area contributed by atoms with Gasteiger partial charge in [-0.2, -0.15) is 0 Å². The molecular weight excluding hydrogens is 368 g/mol. The molecular formula is C24H18O5. The lowest BCUT2D eigenvalue weighted by Gasteiger charge is -2.13. The number of fused-ring (bicyclic) bond motifs is 1. The molecule has 0 aliphatic rings. The van der Waals surface area contributed by atoms with E-state index in [1.807, 2.05) is 55.5 Å². The zero-order valence-electron chi connectivity index (χ0n) is 15.7. The molecule has 0 fully saturated rings. The standard InChI is InChI=1S/C24H18O5/c1-15-12-18-19(13-20(15)28-14-16-8-4-2-5-9-16)24(27)29-22(23(25)26)21(18)17-10-6-3-7-11-17/h2-13H,14H2,1H3,(H,25,26). The Labute approximate surface area is 166 Å². The van der Waals surface area contributed by atoms with E-state index in [9.17, 15) is 14.7 Å². The predicted molar refractivity (Wildman–Crippen MR) is 110 cm³/mol. The van der Waals surface area contributed by atoms with Crippen molar-refractivity contribution in [2.45, 2.75) is 13.5 Å².